The molecule has 2 rings (SSSR count). The maximum atomic E-state index is 6.09. The Morgan fingerprint density at radius 1 is 1.38 bits per heavy atom. The van der Waals surface area contributed by atoms with Crippen LogP contribution in [0.1, 0.15) is 51.3 Å². The van der Waals surface area contributed by atoms with E-state index in [9.17, 15) is 0 Å². The van der Waals surface area contributed by atoms with Crippen LogP contribution < -0.4 is 11.1 Å². The van der Waals surface area contributed by atoms with Crippen LogP contribution in [-0.4, -0.2) is 21.4 Å². The summed E-state index contributed by atoms with van der Waals surface area (Å²) in [5.41, 5.74) is 6.09. The van der Waals surface area contributed by atoms with Gasteiger partial charge in [-0.15, -0.1) is 0 Å². The number of hydrogen-bond donors (Lipinski definition) is 2. The molecule has 0 spiro atoms. The lowest BCUT2D eigenvalue weighted by molar-refractivity contribution is 0.404. The van der Waals surface area contributed by atoms with Crippen molar-refractivity contribution in [1.82, 2.24) is 9.36 Å². The molecule has 90 valence electrons. The number of rotatable bonds is 3. The molecule has 4 nitrogen and oxygen atoms in total. The van der Waals surface area contributed by atoms with E-state index in [1.807, 2.05) is 0 Å². The monoisotopic (exact) mass is 240 g/mol. The van der Waals surface area contributed by atoms with Crippen molar-refractivity contribution >= 4 is 16.7 Å². The number of nitrogens with two attached hydrogens (primary N) is 1. The normalized spacial score (nSPS) is 26.0. The summed E-state index contributed by atoms with van der Waals surface area (Å²) in [7, 11) is 0. The topological polar surface area (TPSA) is 63.8 Å². The second-order valence-corrected chi connectivity index (χ2v) is 5.56. The quantitative estimate of drug-likeness (QED) is 0.851. The highest BCUT2D eigenvalue weighted by atomic mass is 32.1. The Labute approximate surface area is 101 Å². The molecule has 1 saturated carbocycles. The standard InChI is InChI=1S/C11H20N4S/c1-7(2)10-14-11(16-15-10)13-9-6-4-3-5-8(9)12/h7-9H,3-6,12H2,1-2H3,(H,13,14,15). The molecule has 0 aromatic carbocycles. The van der Waals surface area contributed by atoms with E-state index in [0.717, 1.165) is 23.8 Å². The van der Waals surface area contributed by atoms with Crippen molar-refractivity contribution in [3.05, 3.63) is 5.82 Å². The Kier molecular flexibility index (Phi) is 3.76. The number of aromatic nitrogens is 2. The molecule has 1 aromatic rings. The summed E-state index contributed by atoms with van der Waals surface area (Å²) in [5, 5.41) is 4.35. The summed E-state index contributed by atoms with van der Waals surface area (Å²) in [6.45, 7) is 4.22. The Hall–Kier alpha value is -0.680. The predicted molar refractivity (Wildman–Crippen MR) is 67.9 cm³/mol. The first-order valence-electron chi connectivity index (χ1n) is 6.02. The van der Waals surface area contributed by atoms with Crippen molar-refractivity contribution in [2.45, 2.75) is 57.5 Å². The summed E-state index contributed by atoms with van der Waals surface area (Å²) in [6, 6.07) is 0.641. The summed E-state index contributed by atoms with van der Waals surface area (Å²) >= 11 is 1.45. The Bertz CT molecular complexity index is 336. The molecule has 1 fully saturated rings. The lowest BCUT2D eigenvalue weighted by Crippen LogP contribution is -2.42. The van der Waals surface area contributed by atoms with Crippen LogP contribution in [0.2, 0.25) is 0 Å². The third-order valence-electron chi connectivity index (χ3n) is 3.09. The predicted octanol–water partition coefficient (Wildman–Crippen LogP) is 2.34. The van der Waals surface area contributed by atoms with E-state index >= 15 is 0 Å². The fraction of sp³-hybridized carbons (Fsp3) is 0.818. The summed E-state index contributed by atoms with van der Waals surface area (Å²) in [5.74, 6) is 1.32. The second-order valence-electron chi connectivity index (χ2n) is 4.81. The van der Waals surface area contributed by atoms with Crippen LogP contribution in [0.5, 0.6) is 0 Å². The molecule has 3 N–H and O–H groups in total. The molecule has 16 heavy (non-hydrogen) atoms. The molecule has 0 saturated heterocycles. The maximum Gasteiger partial charge on any atom is 0.202 e. The van der Waals surface area contributed by atoms with Crippen molar-refractivity contribution in [1.29, 1.82) is 0 Å². The van der Waals surface area contributed by atoms with Crippen LogP contribution in [0.4, 0.5) is 5.13 Å². The van der Waals surface area contributed by atoms with Crippen LogP contribution in [-0.2, 0) is 0 Å². The Morgan fingerprint density at radius 2 is 2.12 bits per heavy atom. The molecule has 0 amide bonds. The number of hydrogen-bond acceptors (Lipinski definition) is 5. The van der Waals surface area contributed by atoms with Gasteiger partial charge in [-0.05, 0) is 12.8 Å². The fourth-order valence-electron chi connectivity index (χ4n) is 2.03. The van der Waals surface area contributed by atoms with Crippen molar-refractivity contribution in [3.8, 4) is 0 Å². The molecule has 0 bridgehead atoms. The average molecular weight is 240 g/mol. The van der Waals surface area contributed by atoms with Gasteiger partial charge in [-0.3, -0.25) is 0 Å². The number of nitrogens with zero attached hydrogens (tertiary/aromatic N) is 2. The highest BCUT2D eigenvalue weighted by molar-refractivity contribution is 7.09. The van der Waals surface area contributed by atoms with Crippen molar-refractivity contribution in [2.75, 3.05) is 5.32 Å². The van der Waals surface area contributed by atoms with Crippen LogP contribution in [0.25, 0.3) is 0 Å². The van der Waals surface area contributed by atoms with Gasteiger partial charge >= 0.3 is 0 Å². The van der Waals surface area contributed by atoms with Gasteiger partial charge in [0.15, 0.2) is 0 Å². The highest BCUT2D eigenvalue weighted by Gasteiger charge is 2.22. The van der Waals surface area contributed by atoms with Gasteiger partial charge in [-0.1, -0.05) is 26.7 Å². The second kappa shape index (κ2) is 5.10. The minimum Gasteiger partial charge on any atom is -0.356 e. The largest absolute Gasteiger partial charge is 0.356 e. The third kappa shape index (κ3) is 2.71. The van der Waals surface area contributed by atoms with Gasteiger partial charge < -0.3 is 11.1 Å². The van der Waals surface area contributed by atoms with Crippen LogP contribution in [0.15, 0.2) is 0 Å². The first-order chi connectivity index (χ1) is 7.66. The van der Waals surface area contributed by atoms with E-state index in [2.05, 4.69) is 28.5 Å². The molecule has 2 atom stereocenters. The van der Waals surface area contributed by atoms with E-state index in [1.54, 1.807) is 0 Å². The summed E-state index contributed by atoms with van der Waals surface area (Å²) < 4.78 is 4.33. The zero-order chi connectivity index (χ0) is 11.5. The Balaban J connectivity index is 1.97. The molecular weight excluding hydrogens is 220 g/mol. The smallest absolute Gasteiger partial charge is 0.202 e. The van der Waals surface area contributed by atoms with Gasteiger partial charge in [-0.2, -0.15) is 4.37 Å². The number of anilines is 1. The molecule has 0 radical (unpaired) electrons. The van der Waals surface area contributed by atoms with Gasteiger partial charge in [-0.25, -0.2) is 4.98 Å². The summed E-state index contributed by atoms with van der Waals surface area (Å²) in [6.07, 6.45) is 4.79. The van der Waals surface area contributed by atoms with Crippen LogP contribution in [0, 0.1) is 0 Å². The van der Waals surface area contributed by atoms with Gasteiger partial charge in [0.25, 0.3) is 0 Å². The van der Waals surface area contributed by atoms with E-state index < -0.39 is 0 Å². The molecule has 1 aromatic heterocycles. The van der Waals surface area contributed by atoms with E-state index in [1.165, 1.54) is 24.4 Å². The SMILES string of the molecule is CC(C)c1nsc(NC2CCCCC2N)n1. The Morgan fingerprint density at radius 3 is 2.75 bits per heavy atom. The van der Waals surface area contributed by atoms with E-state index in [-0.39, 0.29) is 6.04 Å². The molecule has 1 heterocycles. The van der Waals surface area contributed by atoms with Crippen molar-refractivity contribution in [2.24, 2.45) is 5.73 Å². The first kappa shape index (κ1) is 11.8. The molecule has 5 heteroatoms. The van der Waals surface area contributed by atoms with Crippen LogP contribution >= 0.6 is 11.5 Å². The minimum absolute atomic E-state index is 0.264. The maximum absolute atomic E-state index is 6.09. The van der Waals surface area contributed by atoms with Crippen LogP contribution in [0.3, 0.4) is 0 Å². The van der Waals surface area contributed by atoms with E-state index in [0.29, 0.717) is 12.0 Å². The molecule has 1 aliphatic rings. The zero-order valence-corrected chi connectivity index (χ0v) is 10.8. The molecular formula is C11H20N4S. The highest BCUT2D eigenvalue weighted by Crippen LogP contribution is 2.23. The van der Waals surface area contributed by atoms with E-state index in [4.69, 9.17) is 5.73 Å². The fourth-order valence-corrected chi connectivity index (χ4v) is 2.80. The van der Waals surface area contributed by atoms with Crippen molar-refractivity contribution < 1.29 is 0 Å². The first-order valence-corrected chi connectivity index (χ1v) is 6.80. The average Bonchev–Trinajstić information content (AvgIpc) is 2.70. The number of nitrogens with one attached hydrogen (secondary N) is 1. The van der Waals surface area contributed by atoms with Crippen molar-refractivity contribution in [3.63, 3.8) is 0 Å². The lowest BCUT2D eigenvalue weighted by Gasteiger charge is -2.28. The van der Waals surface area contributed by atoms with Gasteiger partial charge in [0, 0.05) is 29.5 Å². The molecule has 1 aliphatic carbocycles. The zero-order valence-electron chi connectivity index (χ0n) is 9.94. The molecule has 2 unspecified atom stereocenters. The minimum atomic E-state index is 0.264. The van der Waals surface area contributed by atoms with Gasteiger partial charge in [0.2, 0.25) is 5.13 Å². The molecule has 0 aliphatic heterocycles. The lowest BCUT2D eigenvalue weighted by atomic mass is 9.91. The van der Waals surface area contributed by atoms with Gasteiger partial charge in [0.05, 0.1) is 0 Å². The summed E-state index contributed by atoms with van der Waals surface area (Å²) in [4.78, 5) is 4.48. The van der Waals surface area contributed by atoms with Gasteiger partial charge in [0.1, 0.15) is 5.82 Å². The third-order valence-corrected chi connectivity index (χ3v) is 3.75.